The molecule has 0 aliphatic rings. The quantitative estimate of drug-likeness (QED) is 0.856. The van der Waals surface area contributed by atoms with Crippen LogP contribution in [0.3, 0.4) is 0 Å². The van der Waals surface area contributed by atoms with E-state index in [9.17, 15) is 23.1 Å². The number of amides is 1. The molecule has 1 aromatic rings. The molecule has 0 spiro atoms. The van der Waals surface area contributed by atoms with E-state index in [4.69, 9.17) is 0 Å². The summed E-state index contributed by atoms with van der Waals surface area (Å²) in [6.07, 6.45) is -4.47. The maximum atomic E-state index is 12.4. The number of aryl methyl sites for hydroxylation is 1. The Hall–Kier alpha value is -1.24. The average Bonchev–Trinajstić information content (AvgIpc) is 2.29. The van der Waals surface area contributed by atoms with Gasteiger partial charge >= 0.3 is 6.18 Å². The van der Waals surface area contributed by atoms with E-state index < -0.39 is 18.6 Å². The number of hydrogen-bond donors (Lipinski definition) is 1. The summed E-state index contributed by atoms with van der Waals surface area (Å²) in [4.78, 5) is 12.7. The lowest BCUT2D eigenvalue weighted by Crippen LogP contribution is -2.40. The SMILES string of the molecule is Cc1ccc(O)c(C(=O)N(CCBr)CC(F)(F)F)c1. The first-order valence-electron chi connectivity index (χ1n) is 5.46. The molecule has 0 unspecified atom stereocenters. The molecule has 106 valence electrons. The van der Waals surface area contributed by atoms with Gasteiger partial charge in [-0.1, -0.05) is 27.6 Å². The van der Waals surface area contributed by atoms with Gasteiger partial charge in [0.05, 0.1) is 5.56 Å². The minimum absolute atomic E-state index is 0.0915. The molecule has 3 nitrogen and oxygen atoms in total. The topological polar surface area (TPSA) is 40.5 Å². The Labute approximate surface area is 117 Å². The highest BCUT2D eigenvalue weighted by Gasteiger charge is 2.33. The van der Waals surface area contributed by atoms with Crippen molar-refractivity contribution in [3.8, 4) is 5.75 Å². The zero-order chi connectivity index (χ0) is 14.6. The highest BCUT2D eigenvalue weighted by atomic mass is 79.9. The average molecular weight is 340 g/mol. The fourth-order valence-electron chi connectivity index (χ4n) is 1.56. The minimum atomic E-state index is -4.47. The third kappa shape index (κ3) is 4.74. The van der Waals surface area contributed by atoms with Crippen molar-refractivity contribution in [3.05, 3.63) is 29.3 Å². The van der Waals surface area contributed by atoms with Crippen molar-refractivity contribution in [2.45, 2.75) is 13.1 Å². The summed E-state index contributed by atoms with van der Waals surface area (Å²) in [6, 6.07) is 4.24. The van der Waals surface area contributed by atoms with Crippen LogP contribution < -0.4 is 0 Å². The highest BCUT2D eigenvalue weighted by molar-refractivity contribution is 9.09. The van der Waals surface area contributed by atoms with E-state index in [1.54, 1.807) is 13.0 Å². The molecule has 0 fully saturated rings. The van der Waals surface area contributed by atoms with Crippen LogP contribution in [0, 0.1) is 6.92 Å². The number of phenolic OH excluding ortho intramolecular Hbond substituents is 1. The summed E-state index contributed by atoms with van der Waals surface area (Å²) in [7, 11) is 0. The van der Waals surface area contributed by atoms with E-state index in [0.29, 0.717) is 10.5 Å². The number of hydrogen-bond acceptors (Lipinski definition) is 2. The largest absolute Gasteiger partial charge is 0.507 e. The molecule has 0 saturated heterocycles. The van der Waals surface area contributed by atoms with Gasteiger partial charge in [0.15, 0.2) is 0 Å². The fourth-order valence-corrected chi connectivity index (χ4v) is 1.99. The molecule has 0 radical (unpaired) electrons. The minimum Gasteiger partial charge on any atom is -0.507 e. The Morgan fingerprint density at radius 1 is 1.42 bits per heavy atom. The molecule has 19 heavy (non-hydrogen) atoms. The van der Waals surface area contributed by atoms with E-state index in [0.717, 1.165) is 0 Å². The zero-order valence-corrected chi connectivity index (χ0v) is 11.8. The standard InChI is InChI=1S/C12H13BrF3NO2/c1-8-2-3-10(18)9(6-8)11(19)17(5-4-13)7-12(14,15)16/h2-3,6,18H,4-5,7H2,1H3. The van der Waals surface area contributed by atoms with Crippen LogP contribution in [0.2, 0.25) is 0 Å². The smallest absolute Gasteiger partial charge is 0.406 e. The van der Waals surface area contributed by atoms with Crippen LogP contribution in [0.5, 0.6) is 5.75 Å². The third-order valence-corrected chi connectivity index (χ3v) is 2.75. The number of rotatable bonds is 4. The van der Waals surface area contributed by atoms with Gasteiger partial charge in [-0.2, -0.15) is 13.2 Å². The second kappa shape index (κ2) is 6.27. The second-order valence-corrected chi connectivity index (χ2v) is 4.84. The number of phenols is 1. The van der Waals surface area contributed by atoms with Gasteiger partial charge < -0.3 is 10.0 Å². The fraction of sp³-hybridized carbons (Fsp3) is 0.417. The molecule has 1 aromatic carbocycles. The van der Waals surface area contributed by atoms with Crippen molar-refractivity contribution in [1.82, 2.24) is 4.90 Å². The summed E-state index contributed by atoms with van der Waals surface area (Å²) >= 11 is 3.01. The number of alkyl halides is 4. The van der Waals surface area contributed by atoms with Gasteiger partial charge in [-0.05, 0) is 19.1 Å². The first kappa shape index (κ1) is 15.8. The van der Waals surface area contributed by atoms with Crippen LogP contribution in [0.1, 0.15) is 15.9 Å². The van der Waals surface area contributed by atoms with Gasteiger partial charge in [-0.25, -0.2) is 0 Å². The maximum absolute atomic E-state index is 12.4. The van der Waals surface area contributed by atoms with Crippen LogP contribution in [-0.4, -0.2) is 40.5 Å². The van der Waals surface area contributed by atoms with Crippen molar-refractivity contribution >= 4 is 21.8 Å². The molecular formula is C12H13BrF3NO2. The predicted octanol–water partition coefficient (Wildman–Crippen LogP) is 3.10. The molecule has 0 atom stereocenters. The van der Waals surface area contributed by atoms with Crippen molar-refractivity contribution < 1.29 is 23.1 Å². The number of halogens is 4. The van der Waals surface area contributed by atoms with Crippen LogP contribution in [0.4, 0.5) is 13.2 Å². The van der Waals surface area contributed by atoms with Crippen molar-refractivity contribution in [1.29, 1.82) is 0 Å². The van der Waals surface area contributed by atoms with Crippen LogP contribution in [-0.2, 0) is 0 Å². The number of carbonyl (C=O) groups is 1. The summed E-state index contributed by atoms with van der Waals surface area (Å²) in [6.45, 7) is 0.255. The monoisotopic (exact) mass is 339 g/mol. The van der Waals surface area contributed by atoms with E-state index in [2.05, 4.69) is 15.9 Å². The second-order valence-electron chi connectivity index (χ2n) is 4.05. The van der Waals surface area contributed by atoms with E-state index >= 15 is 0 Å². The molecular weight excluding hydrogens is 327 g/mol. The summed E-state index contributed by atoms with van der Waals surface area (Å²) < 4.78 is 37.2. The molecule has 1 rings (SSSR count). The van der Waals surface area contributed by atoms with Gasteiger partial charge in [-0.3, -0.25) is 4.79 Å². The van der Waals surface area contributed by atoms with Gasteiger partial charge in [0, 0.05) is 11.9 Å². The van der Waals surface area contributed by atoms with Crippen molar-refractivity contribution in [2.24, 2.45) is 0 Å². The lowest BCUT2D eigenvalue weighted by molar-refractivity contribution is -0.140. The van der Waals surface area contributed by atoms with Gasteiger partial charge in [0.2, 0.25) is 0 Å². The number of nitrogens with zero attached hydrogens (tertiary/aromatic N) is 1. The highest BCUT2D eigenvalue weighted by Crippen LogP contribution is 2.23. The molecule has 0 aliphatic carbocycles. The lowest BCUT2D eigenvalue weighted by atomic mass is 10.1. The number of aromatic hydroxyl groups is 1. The Balaban J connectivity index is 3.02. The van der Waals surface area contributed by atoms with Gasteiger partial charge in [-0.15, -0.1) is 0 Å². The zero-order valence-electron chi connectivity index (χ0n) is 10.2. The maximum Gasteiger partial charge on any atom is 0.406 e. The Morgan fingerprint density at radius 3 is 2.58 bits per heavy atom. The van der Waals surface area contributed by atoms with Gasteiger partial charge in [0.25, 0.3) is 5.91 Å². The molecule has 0 aromatic heterocycles. The molecule has 7 heteroatoms. The van der Waals surface area contributed by atoms with Gasteiger partial charge in [0.1, 0.15) is 12.3 Å². The summed E-state index contributed by atoms with van der Waals surface area (Å²) in [5.74, 6) is -1.16. The Kier molecular flexibility index (Phi) is 5.22. The first-order valence-corrected chi connectivity index (χ1v) is 6.58. The first-order chi connectivity index (χ1) is 8.74. The normalized spacial score (nSPS) is 11.4. The number of benzene rings is 1. The van der Waals surface area contributed by atoms with E-state index in [1.807, 2.05) is 0 Å². The third-order valence-electron chi connectivity index (χ3n) is 2.39. The summed E-state index contributed by atoms with van der Waals surface area (Å²) in [5, 5.41) is 9.80. The van der Waals surface area contributed by atoms with Crippen LogP contribution >= 0.6 is 15.9 Å². The molecule has 1 N–H and O–H groups in total. The summed E-state index contributed by atoms with van der Waals surface area (Å²) in [5.41, 5.74) is 0.567. The molecule has 1 amide bonds. The molecule has 0 bridgehead atoms. The Morgan fingerprint density at radius 2 is 2.05 bits per heavy atom. The molecule has 0 saturated carbocycles. The Bertz CT molecular complexity index is 463. The van der Waals surface area contributed by atoms with Crippen molar-refractivity contribution in [3.63, 3.8) is 0 Å². The number of carbonyl (C=O) groups excluding carboxylic acids is 1. The lowest BCUT2D eigenvalue weighted by Gasteiger charge is -2.23. The van der Waals surface area contributed by atoms with Crippen molar-refractivity contribution in [2.75, 3.05) is 18.4 Å². The van der Waals surface area contributed by atoms with E-state index in [-0.39, 0.29) is 23.2 Å². The molecule has 0 aliphatic heterocycles. The predicted molar refractivity (Wildman–Crippen MR) is 68.6 cm³/mol. The molecule has 0 heterocycles. The van der Waals surface area contributed by atoms with E-state index in [1.165, 1.54) is 12.1 Å². The van der Waals surface area contributed by atoms with Crippen LogP contribution in [0.25, 0.3) is 0 Å². The van der Waals surface area contributed by atoms with Crippen LogP contribution in [0.15, 0.2) is 18.2 Å².